The van der Waals surface area contributed by atoms with Crippen LogP contribution in [0.25, 0.3) is 0 Å². The number of hydrogen-bond donors (Lipinski definition) is 2. The number of aryl methyl sites for hydroxylation is 2. The number of aliphatic imine (C=N–C) groups is 2. The van der Waals surface area contributed by atoms with Crippen LogP contribution in [0.1, 0.15) is 44.7 Å². The Morgan fingerprint density at radius 1 is 1.19 bits per heavy atom. The summed E-state index contributed by atoms with van der Waals surface area (Å²) in [6.45, 7) is 8.98. The molecule has 1 heterocycles. The molecule has 7 nitrogen and oxygen atoms in total. The van der Waals surface area contributed by atoms with Gasteiger partial charge in [0.25, 0.3) is 0 Å². The van der Waals surface area contributed by atoms with Crippen LogP contribution < -0.4 is 16.2 Å². The summed E-state index contributed by atoms with van der Waals surface area (Å²) < 4.78 is 6.00. The van der Waals surface area contributed by atoms with E-state index in [9.17, 15) is 0 Å². The van der Waals surface area contributed by atoms with Gasteiger partial charge in [0.1, 0.15) is 5.75 Å². The highest BCUT2D eigenvalue weighted by atomic mass is 79.9. The van der Waals surface area contributed by atoms with Gasteiger partial charge in [-0.3, -0.25) is 4.84 Å². The fourth-order valence-electron chi connectivity index (χ4n) is 2.79. The van der Waals surface area contributed by atoms with Crippen LogP contribution in [-0.2, 0) is 11.3 Å². The third-order valence-electron chi connectivity index (χ3n) is 3.89. The molecule has 0 amide bonds. The van der Waals surface area contributed by atoms with Gasteiger partial charge in [0.2, 0.25) is 11.9 Å². The van der Waals surface area contributed by atoms with Gasteiger partial charge in [0, 0.05) is 6.42 Å². The minimum absolute atomic E-state index is 0. The van der Waals surface area contributed by atoms with Crippen LogP contribution in [-0.4, -0.2) is 35.9 Å². The minimum atomic E-state index is -0.679. The highest BCUT2D eigenvalue weighted by molar-refractivity contribution is 8.93. The molecule has 0 saturated heterocycles. The van der Waals surface area contributed by atoms with Crippen molar-refractivity contribution >= 4 is 28.9 Å². The van der Waals surface area contributed by atoms with Crippen LogP contribution in [0.2, 0.25) is 0 Å². The summed E-state index contributed by atoms with van der Waals surface area (Å²) in [5.41, 5.74) is 13.2. The second-order valence-electron chi connectivity index (χ2n) is 6.58. The molecule has 0 bridgehead atoms. The Morgan fingerprint density at radius 2 is 1.92 bits per heavy atom. The third kappa shape index (κ3) is 5.60. The maximum atomic E-state index is 6.00. The molecule has 0 saturated carbocycles. The van der Waals surface area contributed by atoms with E-state index in [0.29, 0.717) is 13.2 Å². The van der Waals surface area contributed by atoms with Crippen molar-refractivity contribution in [3.05, 3.63) is 29.3 Å². The molecular formula is C18H30BrN5O2. The largest absolute Gasteiger partial charge is 0.493 e. The number of guanidine groups is 2. The molecule has 26 heavy (non-hydrogen) atoms. The average molecular weight is 428 g/mol. The first-order valence-electron chi connectivity index (χ1n) is 8.69. The van der Waals surface area contributed by atoms with E-state index in [1.807, 2.05) is 13.8 Å². The van der Waals surface area contributed by atoms with Gasteiger partial charge < -0.3 is 16.2 Å². The molecule has 1 aromatic rings. The van der Waals surface area contributed by atoms with Crippen molar-refractivity contribution in [1.29, 1.82) is 0 Å². The van der Waals surface area contributed by atoms with Crippen LogP contribution in [0.4, 0.5) is 0 Å². The molecular weight excluding hydrogens is 398 g/mol. The number of ether oxygens (including phenoxy) is 1. The average Bonchev–Trinajstić information content (AvgIpc) is 2.51. The minimum Gasteiger partial charge on any atom is -0.493 e. The topological polar surface area (TPSA) is 98.5 Å². The number of halogens is 1. The van der Waals surface area contributed by atoms with E-state index in [1.54, 1.807) is 0 Å². The van der Waals surface area contributed by atoms with Crippen molar-refractivity contribution < 1.29 is 9.57 Å². The lowest BCUT2D eigenvalue weighted by molar-refractivity contribution is -0.158. The molecule has 0 radical (unpaired) electrons. The van der Waals surface area contributed by atoms with Gasteiger partial charge in [-0.1, -0.05) is 31.5 Å². The lowest BCUT2D eigenvalue weighted by Gasteiger charge is -2.36. The lowest BCUT2D eigenvalue weighted by atomic mass is 10.1. The summed E-state index contributed by atoms with van der Waals surface area (Å²) >= 11 is 0. The number of hydrogen-bond acceptors (Lipinski definition) is 7. The molecule has 0 atom stereocenters. The predicted molar refractivity (Wildman–Crippen MR) is 111 cm³/mol. The molecule has 146 valence electrons. The van der Waals surface area contributed by atoms with Crippen molar-refractivity contribution in [1.82, 2.24) is 5.06 Å². The molecule has 0 aliphatic carbocycles. The number of nitrogens with two attached hydrogens (primary N) is 2. The van der Waals surface area contributed by atoms with E-state index in [-0.39, 0.29) is 28.9 Å². The van der Waals surface area contributed by atoms with Gasteiger partial charge in [-0.05, 0) is 38.3 Å². The normalized spacial score (nSPS) is 15.8. The van der Waals surface area contributed by atoms with Gasteiger partial charge in [0.15, 0.2) is 5.66 Å². The molecule has 1 aliphatic rings. The van der Waals surface area contributed by atoms with E-state index in [2.05, 4.69) is 42.0 Å². The van der Waals surface area contributed by atoms with Crippen molar-refractivity contribution in [2.45, 2.75) is 52.6 Å². The van der Waals surface area contributed by atoms with Crippen LogP contribution >= 0.6 is 17.0 Å². The predicted octanol–water partition coefficient (Wildman–Crippen LogP) is 2.91. The van der Waals surface area contributed by atoms with Gasteiger partial charge >= 0.3 is 0 Å². The first kappa shape index (κ1) is 22.2. The fraction of sp³-hybridized carbons (Fsp3) is 0.556. The number of para-hydroxylation sites is 1. The SMILES string of the molecule is Br.CCCc1cccc(C)c1OCCCON1C(N)=NC(N)=NC1(C)C. The van der Waals surface area contributed by atoms with Crippen LogP contribution in [0.3, 0.4) is 0 Å². The Labute approximate surface area is 166 Å². The van der Waals surface area contributed by atoms with Crippen molar-refractivity contribution in [2.24, 2.45) is 21.5 Å². The Bertz CT molecular complexity index is 661. The molecule has 0 aromatic heterocycles. The highest BCUT2D eigenvalue weighted by Gasteiger charge is 2.32. The molecule has 0 spiro atoms. The maximum absolute atomic E-state index is 6.00. The van der Waals surface area contributed by atoms with Gasteiger partial charge in [-0.2, -0.15) is 10.1 Å². The van der Waals surface area contributed by atoms with E-state index < -0.39 is 5.66 Å². The van der Waals surface area contributed by atoms with Crippen LogP contribution in [0.15, 0.2) is 28.2 Å². The standard InChI is InChI=1S/C18H29N5O2.BrH/c1-5-8-14-10-6-9-13(2)15(14)24-11-7-12-25-23-17(20)21-16(19)22-18(23,3)4;/h6,9-10H,5,7-8,11-12H2,1-4H3,(H4,19,20,21,22);1H. The molecule has 1 aliphatic heterocycles. The molecule has 8 heteroatoms. The van der Waals surface area contributed by atoms with Crippen LogP contribution in [0, 0.1) is 6.92 Å². The Kier molecular flexibility index (Phi) is 8.36. The van der Waals surface area contributed by atoms with E-state index >= 15 is 0 Å². The van der Waals surface area contributed by atoms with Crippen molar-refractivity contribution in [2.75, 3.05) is 13.2 Å². The first-order valence-corrected chi connectivity index (χ1v) is 8.69. The summed E-state index contributed by atoms with van der Waals surface area (Å²) in [6, 6.07) is 6.27. The monoisotopic (exact) mass is 427 g/mol. The zero-order chi connectivity index (χ0) is 18.4. The Balaban J connectivity index is 0.00000338. The van der Waals surface area contributed by atoms with Gasteiger partial charge in [-0.25, -0.2) is 4.99 Å². The molecule has 0 fully saturated rings. The lowest BCUT2D eigenvalue weighted by Crippen LogP contribution is -2.53. The number of benzene rings is 1. The van der Waals surface area contributed by atoms with E-state index in [1.165, 1.54) is 10.6 Å². The second kappa shape index (κ2) is 9.78. The van der Waals surface area contributed by atoms with Crippen molar-refractivity contribution in [3.63, 3.8) is 0 Å². The summed E-state index contributed by atoms with van der Waals surface area (Å²) in [7, 11) is 0. The second-order valence-corrected chi connectivity index (χ2v) is 6.58. The molecule has 4 N–H and O–H groups in total. The number of nitrogens with zero attached hydrogens (tertiary/aromatic N) is 3. The zero-order valence-corrected chi connectivity index (χ0v) is 17.7. The Morgan fingerprint density at radius 3 is 2.58 bits per heavy atom. The molecule has 2 rings (SSSR count). The maximum Gasteiger partial charge on any atom is 0.226 e. The van der Waals surface area contributed by atoms with Crippen LogP contribution in [0.5, 0.6) is 5.75 Å². The van der Waals surface area contributed by atoms with E-state index in [0.717, 1.165) is 30.6 Å². The fourth-order valence-corrected chi connectivity index (χ4v) is 2.79. The van der Waals surface area contributed by atoms with E-state index in [4.69, 9.17) is 21.0 Å². The van der Waals surface area contributed by atoms with Gasteiger partial charge in [0.05, 0.1) is 13.2 Å². The summed E-state index contributed by atoms with van der Waals surface area (Å²) in [5, 5.41) is 1.49. The summed E-state index contributed by atoms with van der Waals surface area (Å²) in [6.07, 6.45) is 2.83. The van der Waals surface area contributed by atoms with Crippen molar-refractivity contribution in [3.8, 4) is 5.75 Å². The first-order chi connectivity index (χ1) is 11.8. The quantitative estimate of drug-likeness (QED) is 0.621. The van der Waals surface area contributed by atoms with Gasteiger partial charge in [-0.15, -0.1) is 17.0 Å². The highest BCUT2D eigenvalue weighted by Crippen LogP contribution is 2.25. The Hall–Kier alpha value is -1.80. The molecule has 0 unspecified atom stereocenters. The third-order valence-corrected chi connectivity index (χ3v) is 3.89. The number of rotatable bonds is 8. The smallest absolute Gasteiger partial charge is 0.226 e. The summed E-state index contributed by atoms with van der Waals surface area (Å²) in [5.74, 6) is 1.36. The summed E-state index contributed by atoms with van der Waals surface area (Å²) in [4.78, 5) is 13.9. The number of hydroxylamine groups is 2. The zero-order valence-electron chi connectivity index (χ0n) is 16.0. The molecule has 1 aromatic carbocycles.